The SMILES string of the molecule is CCc1ccc(C(=O)Nc2cc(CN(C)C)[nH]n2)cc1. The molecule has 1 amide bonds. The molecule has 5 heteroatoms. The second kappa shape index (κ2) is 6.34. The highest BCUT2D eigenvalue weighted by Crippen LogP contribution is 2.10. The van der Waals surface area contributed by atoms with Gasteiger partial charge in [0.05, 0.1) is 5.69 Å². The fourth-order valence-corrected chi connectivity index (χ4v) is 1.93. The van der Waals surface area contributed by atoms with Crippen LogP contribution in [0.2, 0.25) is 0 Å². The molecule has 106 valence electrons. The number of hydrogen-bond acceptors (Lipinski definition) is 3. The zero-order valence-electron chi connectivity index (χ0n) is 12.1. The van der Waals surface area contributed by atoms with Gasteiger partial charge in [-0.1, -0.05) is 19.1 Å². The van der Waals surface area contributed by atoms with E-state index in [2.05, 4.69) is 22.4 Å². The van der Waals surface area contributed by atoms with Crippen LogP contribution >= 0.6 is 0 Å². The van der Waals surface area contributed by atoms with Crippen LogP contribution in [0.3, 0.4) is 0 Å². The summed E-state index contributed by atoms with van der Waals surface area (Å²) in [7, 11) is 3.96. The molecular formula is C15H20N4O. The molecule has 0 aliphatic rings. The molecule has 0 spiro atoms. The zero-order chi connectivity index (χ0) is 14.5. The molecule has 0 atom stereocenters. The number of nitrogens with zero attached hydrogens (tertiary/aromatic N) is 2. The second-order valence-corrected chi connectivity index (χ2v) is 5.02. The van der Waals surface area contributed by atoms with Crippen molar-refractivity contribution in [1.82, 2.24) is 15.1 Å². The van der Waals surface area contributed by atoms with E-state index in [1.54, 1.807) is 0 Å². The number of carbonyl (C=O) groups excluding carboxylic acids is 1. The molecule has 2 aromatic rings. The van der Waals surface area contributed by atoms with Gasteiger partial charge < -0.3 is 10.2 Å². The van der Waals surface area contributed by atoms with Crippen molar-refractivity contribution in [2.75, 3.05) is 19.4 Å². The third kappa shape index (κ3) is 3.68. The van der Waals surface area contributed by atoms with Gasteiger partial charge in [0.15, 0.2) is 5.82 Å². The van der Waals surface area contributed by atoms with Crippen molar-refractivity contribution in [3.63, 3.8) is 0 Å². The number of rotatable bonds is 5. The van der Waals surface area contributed by atoms with E-state index >= 15 is 0 Å². The molecule has 5 nitrogen and oxygen atoms in total. The minimum Gasteiger partial charge on any atom is -0.305 e. The van der Waals surface area contributed by atoms with Crippen LogP contribution in [0, 0.1) is 0 Å². The summed E-state index contributed by atoms with van der Waals surface area (Å²) in [6, 6.07) is 9.45. The van der Waals surface area contributed by atoms with Crippen LogP contribution in [0.25, 0.3) is 0 Å². The number of aromatic amines is 1. The summed E-state index contributed by atoms with van der Waals surface area (Å²) < 4.78 is 0. The number of benzene rings is 1. The number of aromatic nitrogens is 2. The van der Waals surface area contributed by atoms with E-state index in [1.807, 2.05) is 49.3 Å². The van der Waals surface area contributed by atoms with Gasteiger partial charge in [0.25, 0.3) is 5.91 Å². The number of nitrogens with one attached hydrogen (secondary N) is 2. The van der Waals surface area contributed by atoms with Crippen LogP contribution in [0.4, 0.5) is 5.82 Å². The van der Waals surface area contributed by atoms with Gasteiger partial charge in [-0.25, -0.2) is 0 Å². The molecule has 2 N–H and O–H groups in total. The third-order valence-corrected chi connectivity index (χ3v) is 2.98. The summed E-state index contributed by atoms with van der Waals surface area (Å²) in [5.41, 5.74) is 2.82. The Morgan fingerprint density at radius 2 is 2.00 bits per heavy atom. The van der Waals surface area contributed by atoms with Crippen molar-refractivity contribution in [2.45, 2.75) is 19.9 Å². The highest BCUT2D eigenvalue weighted by molar-refractivity contribution is 6.03. The molecule has 1 heterocycles. The highest BCUT2D eigenvalue weighted by Gasteiger charge is 2.08. The molecule has 1 aromatic carbocycles. The van der Waals surface area contributed by atoms with Crippen LogP contribution in [-0.2, 0) is 13.0 Å². The molecule has 0 aliphatic heterocycles. The fraction of sp³-hybridized carbons (Fsp3) is 0.333. The minimum atomic E-state index is -0.143. The Hall–Kier alpha value is -2.14. The van der Waals surface area contributed by atoms with Crippen molar-refractivity contribution in [1.29, 1.82) is 0 Å². The lowest BCUT2D eigenvalue weighted by molar-refractivity contribution is 0.102. The number of aryl methyl sites for hydroxylation is 1. The molecule has 20 heavy (non-hydrogen) atoms. The smallest absolute Gasteiger partial charge is 0.256 e. The Bertz CT molecular complexity index is 572. The van der Waals surface area contributed by atoms with Crippen LogP contribution in [0.15, 0.2) is 30.3 Å². The lowest BCUT2D eigenvalue weighted by atomic mass is 10.1. The summed E-state index contributed by atoms with van der Waals surface area (Å²) in [4.78, 5) is 14.1. The average Bonchev–Trinajstić information content (AvgIpc) is 2.85. The molecule has 1 aromatic heterocycles. The van der Waals surface area contributed by atoms with Crippen molar-refractivity contribution in [2.24, 2.45) is 0 Å². The summed E-state index contributed by atoms with van der Waals surface area (Å²) >= 11 is 0. The van der Waals surface area contributed by atoms with E-state index in [0.29, 0.717) is 11.4 Å². The van der Waals surface area contributed by atoms with Gasteiger partial charge in [0.2, 0.25) is 0 Å². The molecule has 2 rings (SSSR count). The van der Waals surface area contributed by atoms with Gasteiger partial charge >= 0.3 is 0 Å². The topological polar surface area (TPSA) is 61.0 Å². The van der Waals surface area contributed by atoms with Crippen molar-refractivity contribution in [3.8, 4) is 0 Å². The van der Waals surface area contributed by atoms with E-state index < -0.39 is 0 Å². The fourth-order valence-electron chi connectivity index (χ4n) is 1.93. The van der Waals surface area contributed by atoms with Crippen LogP contribution in [-0.4, -0.2) is 35.1 Å². The molecule has 0 saturated heterocycles. The van der Waals surface area contributed by atoms with E-state index in [1.165, 1.54) is 5.56 Å². The van der Waals surface area contributed by atoms with Gasteiger partial charge in [-0.05, 0) is 38.2 Å². The normalized spacial score (nSPS) is 10.8. The maximum absolute atomic E-state index is 12.1. The number of anilines is 1. The van der Waals surface area contributed by atoms with Gasteiger partial charge in [0.1, 0.15) is 0 Å². The molecule has 0 aliphatic carbocycles. The average molecular weight is 272 g/mol. The summed E-state index contributed by atoms with van der Waals surface area (Å²) in [5, 5.41) is 9.78. The Kier molecular flexibility index (Phi) is 4.53. The number of hydrogen-bond donors (Lipinski definition) is 2. The Morgan fingerprint density at radius 3 is 2.60 bits per heavy atom. The zero-order valence-corrected chi connectivity index (χ0v) is 12.1. The second-order valence-electron chi connectivity index (χ2n) is 5.02. The maximum atomic E-state index is 12.1. The third-order valence-electron chi connectivity index (χ3n) is 2.98. The summed E-state index contributed by atoms with van der Waals surface area (Å²) in [6.07, 6.45) is 0.967. The van der Waals surface area contributed by atoms with E-state index in [4.69, 9.17) is 0 Å². The maximum Gasteiger partial charge on any atom is 0.256 e. The first-order chi connectivity index (χ1) is 9.58. The number of carbonyl (C=O) groups is 1. The monoisotopic (exact) mass is 272 g/mol. The summed E-state index contributed by atoms with van der Waals surface area (Å²) in [5.74, 6) is 0.405. The van der Waals surface area contributed by atoms with Gasteiger partial charge in [-0.15, -0.1) is 0 Å². The van der Waals surface area contributed by atoms with Crippen LogP contribution in [0.5, 0.6) is 0 Å². The van der Waals surface area contributed by atoms with Gasteiger partial charge in [0, 0.05) is 18.2 Å². The Balaban J connectivity index is 2.01. The Morgan fingerprint density at radius 1 is 1.30 bits per heavy atom. The predicted octanol–water partition coefficient (Wildman–Crippen LogP) is 2.29. The first kappa shape index (κ1) is 14.3. The van der Waals surface area contributed by atoms with E-state index in [-0.39, 0.29) is 5.91 Å². The quantitative estimate of drug-likeness (QED) is 0.878. The summed E-state index contributed by atoms with van der Waals surface area (Å²) in [6.45, 7) is 2.85. The van der Waals surface area contributed by atoms with Gasteiger partial charge in [-0.2, -0.15) is 5.10 Å². The number of H-pyrrole nitrogens is 1. The van der Waals surface area contributed by atoms with Crippen LogP contribution in [0.1, 0.15) is 28.5 Å². The first-order valence-electron chi connectivity index (χ1n) is 6.67. The van der Waals surface area contributed by atoms with Crippen molar-refractivity contribution >= 4 is 11.7 Å². The first-order valence-corrected chi connectivity index (χ1v) is 6.67. The molecule has 0 unspecified atom stereocenters. The largest absolute Gasteiger partial charge is 0.305 e. The predicted molar refractivity (Wildman–Crippen MR) is 79.8 cm³/mol. The lowest BCUT2D eigenvalue weighted by Crippen LogP contribution is -2.12. The minimum absolute atomic E-state index is 0.143. The molecule has 0 saturated carbocycles. The van der Waals surface area contributed by atoms with Crippen molar-refractivity contribution < 1.29 is 4.79 Å². The molecule has 0 fully saturated rings. The molecular weight excluding hydrogens is 252 g/mol. The van der Waals surface area contributed by atoms with Crippen LogP contribution < -0.4 is 5.32 Å². The highest BCUT2D eigenvalue weighted by atomic mass is 16.1. The van der Waals surface area contributed by atoms with Crippen molar-refractivity contribution in [3.05, 3.63) is 47.2 Å². The molecule has 0 bridgehead atoms. The van der Waals surface area contributed by atoms with E-state index in [0.717, 1.165) is 18.7 Å². The van der Waals surface area contributed by atoms with E-state index in [9.17, 15) is 4.79 Å². The lowest BCUT2D eigenvalue weighted by Gasteiger charge is -2.05. The Labute approximate surface area is 119 Å². The molecule has 0 radical (unpaired) electrons. The number of amides is 1. The standard InChI is InChI=1S/C15H20N4O/c1-4-11-5-7-12(8-6-11)15(20)16-14-9-13(17-18-14)10-19(2)3/h5-9H,4,10H2,1-3H3,(H2,16,17,18,20). The van der Waals surface area contributed by atoms with Gasteiger partial charge in [-0.3, -0.25) is 9.89 Å².